The van der Waals surface area contributed by atoms with Crippen molar-refractivity contribution in [1.29, 1.82) is 0 Å². The Morgan fingerprint density at radius 1 is 1.09 bits per heavy atom. The fourth-order valence-electron chi connectivity index (χ4n) is 3.36. The molecule has 0 saturated carbocycles. The van der Waals surface area contributed by atoms with Gasteiger partial charge < -0.3 is 9.88 Å². The molecule has 1 saturated heterocycles. The Labute approximate surface area is 136 Å². The molecule has 23 heavy (non-hydrogen) atoms. The lowest BCUT2D eigenvalue weighted by Gasteiger charge is -2.24. The van der Waals surface area contributed by atoms with Crippen LogP contribution in [-0.2, 0) is 6.54 Å². The summed E-state index contributed by atoms with van der Waals surface area (Å²) in [5, 5.41) is 1.31. The molecular weight excluding hydrogens is 282 g/mol. The van der Waals surface area contributed by atoms with Crippen LogP contribution in [0.15, 0.2) is 65.8 Å². The molecule has 2 aromatic carbocycles. The van der Waals surface area contributed by atoms with E-state index in [0.29, 0.717) is 6.04 Å². The number of hydrogen-bond acceptors (Lipinski definition) is 1. The van der Waals surface area contributed by atoms with Crippen molar-refractivity contribution >= 4 is 22.4 Å². The highest BCUT2D eigenvalue weighted by Gasteiger charge is 2.26. The molecule has 1 aromatic heterocycles. The monoisotopic (exact) mass is 303 g/mol. The van der Waals surface area contributed by atoms with Crippen LogP contribution in [0.4, 0.5) is 5.69 Å². The predicted molar refractivity (Wildman–Crippen MR) is 96.1 cm³/mol. The van der Waals surface area contributed by atoms with Crippen molar-refractivity contribution in [3.63, 3.8) is 0 Å². The smallest absolute Gasteiger partial charge is 0.105 e. The van der Waals surface area contributed by atoms with Crippen molar-refractivity contribution in [3.05, 3.63) is 66.4 Å². The van der Waals surface area contributed by atoms with Gasteiger partial charge in [0.1, 0.15) is 5.84 Å². The van der Waals surface area contributed by atoms with Crippen molar-refractivity contribution in [2.45, 2.75) is 32.4 Å². The number of aromatic amines is 1. The Morgan fingerprint density at radius 3 is 2.74 bits per heavy atom. The maximum absolute atomic E-state index is 4.88. The summed E-state index contributed by atoms with van der Waals surface area (Å²) in [5.74, 6) is 1.20. The molecule has 1 aliphatic heterocycles. The number of benzene rings is 2. The van der Waals surface area contributed by atoms with Crippen LogP contribution in [0.1, 0.15) is 25.3 Å². The molecule has 1 unspecified atom stereocenters. The van der Waals surface area contributed by atoms with Gasteiger partial charge in [-0.25, -0.2) is 4.99 Å². The standard InChI is InChI=1S/C20H21N3/c1-15-11-12-20(22-17-7-3-2-4-8-17)23(15)14-16-13-21-19-10-6-5-9-18(16)19/h2-10,13,15,21H,11-12,14H2,1H3/b22-20-. The zero-order chi connectivity index (χ0) is 15.6. The Kier molecular flexibility index (Phi) is 3.62. The van der Waals surface area contributed by atoms with Gasteiger partial charge in [0.25, 0.3) is 0 Å². The van der Waals surface area contributed by atoms with Crippen molar-refractivity contribution in [3.8, 4) is 0 Å². The number of H-pyrrole nitrogens is 1. The van der Waals surface area contributed by atoms with Crippen LogP contribution in [0.25, 0.3) is 10.9 Å². The van der Waals surface area contributed by atoms with Gasteiger partial charge in [-0.3, -0.25) is 0 Å². The van der Waals surface area contributed by atoms with Gasteiger partial charge in [-0.05, 0) is 37.1 Å². The fraction of sp³-hybridized carbons (Fsp3) is 0.250. The third-order valence-electron chi connectivity index (χ3n) is 4.68. The zero-order valence-corrected chi connectivity index (χ0v) is 13.4. The molecule has 1 aliphatic rings. The van der Waals surface area contributed by atoms with E-state index in [0.717, 1.165) is 18.7 Å². The quantitative estimate of drug-likeness (QED) is 0.734. The highest BCUT2D eigenvalue weighted by atomic mass is 15.2. The molecule has 3 aromatic rings. The summed E-state index contributed by atoms with van der Waals surface area (Å²) in [6.07, 6.45) is 4.36. The first-order valence-corrected chi connectivity index (χ1v) is 8.25. The summed E-state index contributed by atoms with van der Waals surface area (Å²) in [6, 6.07) is 19.3. The molecular formula is C20H21N3. The fourth-order valence-corrected chi connectivity index (χ4v) is 3.36. The maximum atomic E-state index is 4.88. The molecule has 3 nitrogen and oxygen atoms in total. The molecule has 0 aliphatic carbocycles. The van der Waals surface area contributed by atoms with Crippen LogP contribution in [0.3, 0.4) is 0 Å². The summed E-state index contributed by atoms with van der Waals surface area (Å²) in [7, 11) is 0. The Balaban J connectivity index is 1.64. The first-order chi connectivity index (χ1) is 11.3. The van der Waals surface area contributed by atoms with Crippen LogP contribution >= 0.6 is 0 Å². The second-order valence-corrected chi connectivity index (χ2v) is 6.24. The molecule has 116 valence electrons. The first kappa shape index (κ1) is 14.1. The molecule has 1 atom stereocenters. The summed E-state index contributed by atoms with van der Waals surface area (Å²) in [6.45, 7) is 3.21. The number of hydrogen-bond donors (Lipinski definition) is 1. The minimum Gasteiger partial charge on any atom is -0.361 e. The van der Waals surface area contributed by atoms with Gasteiger partial charge in [-0.2, -0.15) is 0 Å². The molecule has 4 rings (SSSR count). The lowest BCUT2D eigenvalue weighted by atomic mass is 10.1. The SMILES string of the molecule is CC1CC/C(=N/c2ccccc2)N1Cc1c[nH]c2ccccc12. The average Bonchev–Trinajstić information content (AvgIpc) is 3.15. The van der Waals surface area contributed by atoms with Gasteiger partial charge in [-0.15, -0.1) is 0 Å². The van der Waals surface area contributed by atoms with Crippen molar-refractivity contribution in [2.75, 3.05) is 0 Å². The van der Waals surface area contributed by atoms with Crippen molar-refractivity contribution in [1.82, 2.24) is 9.88 Å². The number of rotatable bonds is 3. The lowest BCUT2D eigenvalue weighted by Crippen LogP contribution is -2.30. The highest BCUT2D eigenvalue weighted by Crippen LogP contribution is 2.27. The predicted octanol–water partition coefficient (Wildman–Crippen LogP) is 4.88. The Bertz CT molecular complexity index is 832. The Hall–Kier alpha value is -2.55. The maximum Gasteiger partial charge on any atom is 0.105 e. The number of para-hydroxylation sites is 2. The van der Waals surface area contributed by atoms with Gasteiger partial charge >= 0.3 is 0 Å². The zero-order valence-electron chi connectivity index (χ0n) is 13.4. The second-order valence-electron chi connectivity index (χ2n) is 6.24. The molecule has 0 amide bonds. The average molecular weight is 303 g/mol. The van der Waals surface area contributed by atoms with E-state index in [2.05, 4.69) is 59.4 Å². The van der Waals surface area contributed by atoms with E-state index < -0.39 is 0 Å². The van der Waals surface area contributed by atoms with Crippen LogP contribution in [0, 0.1) is 0 Å². The van der Waals surface area contributed by atoms with Gasteiger partial charge in [0.05, 0.1) is 5.69 Å². The van der Waals surface area contributed by atoms with E-state index in [1.165, 1.54) is 28.7 Å². The second kappa shape index (κ2) is 5.92. The van der Waals surface area contributed by atoms with Crippen LogP contribution in [0.5, 0.6) is 0 Å². The van der Waals surface area contributed by atoms with E-state index in [1.54, 1.807) is 0 Å². The topological polar surface area (TPSA) is 31.4 Å². The lowest BCUT2D eigenvalue weighted by molar-refractivity contribution is 0.351. The van der Waals surface area contributed by atoms with E-state index >= 15 is 0 Å². The normalized spacial score (nSPS) is 19.8. The summed E-state index contributed by atoms with van der Waals surface area (Å²) < 4.78 is 0. The molecule has 1 fully saturated rings. The molecule has 1 N–H and O–H groups in total. The van der Waals surface area contributed by atoms with Crippen LogP contribution < -0.4 is 0 Å². The third-order valence-corrected chi connectivity index (χ3v) is 4.68. The number of fused-ring (bicyclic) bond motifs is 1. The van der Waals surface area contributed by atoms with E-state index in [4.69, 9.17) is 4.99 Å². The van der Waals surface area contributed by atoms with Gasteiger partial charge in [0.15, 0.2) is 0 Å². The van der Waals surface area contributed by atoms with Gasteiger partial charge in [0.2, 0.25) is 0 Å². The van der Waals surface area contributed by atoms with Crippen LogP contribution in [-0.4, -0.2) is 21.8 Å². The largest absolute Gasteiger partial charge is 0.361 e. The minimum atomic E-state index is 0.533. The molecule has 3 heteroatoms. The van der Waals surface area contributed by atoms with Gasteiger partial charge in [-0.1, -0.05) is 36.4 Å². The van der Waals surface area contributed by atoms with E-state index in [-0.39, 0.29) is 0 Å². The number of amidine groups is 1. The molecule has 0 bridgehead atoms. The number of nitrogens with one attached hydrogen (secondary N) is 1. The molecule has 2 heterocycles. The number of nitrogens with zero attached hydrogens (tertiary/aromatic N) is 2. The minimum absolute atomic E-state index is 0.533. The number of aromatic nitrogens is 1. The van der Waals surface area contributed by atoms with Crippen molar-refractivity contribution < 1.29 is 0 Å². The summed E-state index contributed by atoms with van der Waals surface area (Å²) in [4.78, 5) is 10.7. The summed E-state index contributed by atoms with van der Waals surface area (Å²) in [5.41, 5.74) is 3.59. The third kappa shape index (κ3) is 2.74. The first-order valence-electron chi connectivity index (χ1n) is 8.25. The van der Waals surface area contributed by atoms with E-state index in [9.17, 15) is 0 Å². The number of likely N-dealkylation sites (tertiary alicyclic amines) is 1. The van der Waals surface area contributed by atoms with Crippen molar-refractivity contribution in [2.24, 2.45) is 4.99 Å². The summed E-state index contributed by atoms with van der Waals surface area (Å²) >= 11 is 0. The molecule has 0 radical (unpaired) electrons. The Morgan fingerprint density at radius 2 is 1.87 bits per heavy atom. The van der Waals surface area contributed by atoms with Crippen LogP contribution in [0.2, 0.25) is 0 Å². The highest BCUT2D eigenvalue weighted by molar-refractivity contribution is 5.88. The number of aliphatic imine (C=N–C) groups is 1. The van der Waals surface area contributed by atoms with Gasteiger partial charge in [0, 0.05) is 36.1 Å². The molecule has 0 spiro atoms. The van der Waals surface area contributed by atoms with E-state index in [1.807, 2.05) is 18.2 Å².